The van der Waals surface area contributed by atoms with E-state index in [-0.39, 0.29) is 22.9 Å². The SMILES string of the molecule is CC1(c2cc(CCN3CCCC3)ccc2-c2ccc(Cl)cc2)CNCCN1c1cccc(C(=O)NS(=O)(=O)c2ccc(NCC3CCOCC3)c([N+](=O)[O-])c2)c1Oc1cccc2[nH]ccc12. The maximum absolute atomic E-state index is 14.6. The predicted molar refractivity (Wildman–Crippen MR) is 258 cm³/mol. The second-order valence-electron chi connectivity index (χ2n) is 17.5. The van der Waals surface area contributed by atoms with Crippen molar-refractivity contribution in [2.75, 3.05) is 69.2 Å². The molecule has 4 heterocycles. The van der Waals surface area contributed by atoms with Crippen LogP contribution in [0.2, 0.25) is 5.02 Å². The number of halogens is 1. The minimum Gasteiger partial charge on any atom is -0.454 e. The Bertz CT molecular complexity index is 2840. The van der Waals surface area contributed by atoms with Gasteiger partial charge >= 0.3 is 0 Å². The van der Waals surface area contributed by atoms with Gasteiger partial charge in [-0.3, -0.25) is 14.9 Å². The van der Waals surface area contributed by atoms with E-state index in [4.69, 9.17) is 21.1 Å². The van der Waals surface area contributed by atoms with Crippen molar-refractivity contribution in [2.45, 2.75) is 49.5 Å². The van der Waals surface area contributed by atoms with Gasteiger partial charge in [0, 0.05) is 74.1 Å². The lowest BCUT2D eigenvalue weighted by molar-refractivity contribution is -0.384. The molecule has 1 amide bonds. The van der Waals surface area contributed by atoms with Crippen LogP contribution in [-0.4, -0.2) is 88.2 Å². The molecule has 16 heteroatoms. The first-order valence-corrected chi connectivity index (χ1v) is 24.5. The average molecular weight is 933 g/mol. The number of carbonyl (C=O) groups excluding carboxylic acids is 1. The number of hydrogen-bond acceptors (Lipinski definition) is 11. The summed E-state index contributed by atoms with van der Waals surface area (Å²) < 4.78 is 42.7. The van der Waals surface area contributed by atoms with Crippen LogP contribution in [-0.2, 0) is 26.7 Å². The number of fused-ring (bicyclic) bond motifs is 1. The monoisotopic (exact) mass is 931 g/mol. The highest BCUT2D eigenvalue weighted by atomic mass is 35.5. The van der Waals surface area contributed by atoms with Crippen molar-refractivity contribution in [2.24, 2.45) is 5.92 Å². The summed E-state index contributed by atoms with van der Waals surface area (Å²) in [5.74, 6) is -0.0824. The Hall–Kier alpha value is -5.97. The molecule has 5 aromatic carbocycles. The first-order chi connectivity index (χ1) is 32.0. The van der Waals surface area contributed by atoms with Crippen molar-refractivity contribution < 1.29 is 27.6 Å². The van der Waals surface area contributed by atoms with Gasteiger partial charge in [-0.2, -0.15) is 0 Å². The molecule has 14 nitrogen and oxygen atoms in total. The van der Waals surface area contributed by atoms with E-state index in [9.17, 15) is 23.3 Å². The van der Waals surface area contributed by atoms with Crippen molar-refractivity contribution in [3.63, 3.8) is 0 Å². The number of aromatic amines is 1. The molecule has 9 rings (SSSR count). The molecule has 6 aromatic rings. The molecule has 0 spiro atoms. The molecule has 0 aliphatic carbocycles. The van der Waals surface area contributed by atoms with Gasteiger partial charge in [0.1, 0.15) is 11.4 Å². The molecule has 344 valence electrons. The summed E-state index contributed by atoms with van der Waals surface area (Å²) in [5.41, 5.74) is 4.72. The molecular formula is C50H54ClN7O7S. The average Bonchev–Trinajstić information content (AvgIpc) is 4.05. The predicted octanol–water partition coefficient (Wildman–Crippen LogP) is 9.11. The van der Waals surface area contributed by atoms with Crippen molar-refractivity contribution in [1.29, 1.82) is 0 Å². The molecule has 1 unspecified atom stereocenters. The van der Waals surface area contributed by atoms with Crippen LogP contribution in [0.25, 0.3) is 22.0 Å². The van der Waals surface area contributed by atoms with E-state index in [0.717, 1.165) is 72.6 Å². The number of H-pyrrole nitrogens is 1. The summed E-state index contributed by atoms with van der Waals surface area (Å²) in [4.78, 5) is 33.8. The quantitative estimate of drug-likeness (QED) is 0.0572. The van der Waals surface area contributed by atoms with E-state index in [1.165, 1.54) is 36.6 Å². The third-order valence-corrected chi connectivity index (χ3v) is 14.8. The molecule has 3 aliphatic heterocycles. The van der Waals surface area contributed by atoms with Crippen LogP contribution in [0, 0.1) is 16.0 Å². The number of hydrogen-bond donors (Lipinski definition) is 4. The largest absolute Gasteiger partial charge is 0.454 e. The van der Waals surface area contributed by atoms with E-state index < -0.39 is 37.0 Å². The molecule has 3 saturated heterocycles. The van der Waals surface area contributed by atoms with E-state index in [0.29, 0.717) is 55.9 Å². The number of benzene rings is 5. The molecule has 1 atom stereocenters. The number of amides is 1. The molecule has 0 bridgehead atoms. The topological polar surface area (TPSA) is 171 Å². The van der Waals surface area contributed by atoms with Gasteiger partial charge in [-0.25, -0.2) is 13.1 Å². The van der Waals surface area contributed by atoms with Crippen LogP contribution in [0.5, 0.6) is 11.5 Å². The lowest BCUT2D eigenvalue weighted by atomic mass is 9.81. The Morgan fingerprint density at radius 3 is 2.55 bits per heavy atom. The number of nitro benzene ring substituents is 1. The number of likely N-dealkylation sites (tertiary alicyclic amines) is 1. The summed E-state index contributed by atoms with van der Waals surface area (Å²) >= 11 is 6.39. The van der Waals surface area contributed by atoms with Gasteiger partial charge in [0.2, 0.25) is 0 Å². The molecule has 1 aromatic heterocycles. The summed E-state index contributed by atoms with van der Waals surface area (Å²) in [5, 5.41) is 20.5. The lowest BCUT2D eigenvalue weighted by Gasteiger charge is -2.48. The van der Waals surface area contributed by atoms with Crippen LogP contribution >= 0.6 is 11.6 Å². The van der Waals surface area contributed by atoms with E-state index >= 15 is 0 Å². The Balaban J connectivity index is 1.10. The number of rotatable bonds is 15. The zero-order chi connectivity index (χ0) is 45.8. The van der Waals surface area contributed by atoms with Gasteiger partial charge in [0.05, 0.1) is 26.6 Å². The molecule has 0 saturated carbocycles. The highest BCUT2D eigenvalue weighted by molar-refractivity contribution is 7.90. The number of nitrogens with zero attached hydrogens (tertiary/aromatic N) is 3. The number of nitro groups is 1. The minimum atomic E-state index is -4.64. The number of para-hydroxylation sites is 1. The molecule has 3 fully saturated rings. The first kappa shape index (κ1) is 45.2. The number of carbonyl (C=O) groups is 1. The second kappa shape index (κ2) is 19.5. The summed E-state index contributed by atoms with van der Waals surface area (Å²) in [6, 6.07) is 30.7. The third kappa shape index (κ3) is 9.63. The fourth-order valence-corrected chi connectivity index (χ4v) is 10.7. The first-order valence-electron chi connectivity index (χ1n) is 22.6. The van der Waals surface area contributed by atoms with Gasteiger partial charge in [0.25, 0.3) is 21.6 Å². The van der Waals surface area contributed by atoms with E-state index in [2.05, 4.69) is 55.3 Å². The Labute approximate surface area is 389 Å². The maximum atomic E-state index is 14.6. The summed E-state index contributed by atoms with van der Waals surface area (Å²) in [6.45, 7) is 8.75. The number of piperazine rings is 1. The fraction of sp³-hybridized carbons (Fsp3) is 0.340. The van der Waals surface area contributed by atoms with Crippen molar-refractivity contribution in [1.82, 2.24) is 19.9 Å². The van der Waals surface area contributed by atoms with Crippen LogP contribution < -0.4 is 25.0 Å². The maximum Gasteiger partial charge on any atom is 0.293 e. The second-order valence-corrected chi connectivity index (χ2v) is 19.7. The Morgan fingerprint density at radius 2 is 1.76 bits per heavy atom. The Kier molecular flexibility index (Phi) is 13.3. The standard InChI is InChI=1S/C50H54ClN7O7S/c1-50(42-30-34(19-26-56-24-2-3-25-56)10-16-39(42)36-11-13-37(51)14-12-36)33-52-23-27-57(50)45-8-4-6-41(48(45)65-47-9-5-7-43-40(47)18-22-53-43)49(59)55-66(62,63)38-15-17-44(46(31-38)58(60)61)54-32-35-20-28-64-29-21-35/h4-18,22,30-31,35,52-54H,2-3,19-21,23-29,32-33H2,1H3,(H,55,59). The lowest BCUT2D eigenvalue weighted by Crippen LogP contribution is -2.58. The molecular weight excluding hydrogens is 878 g/mol. The Morgan fingerprint density at radius 1 is 0.970 bits per heavy atom. The van der Waals surface area contributed by atoms with Gasteiger partial charge < -0.3 is 34.9 Å². The third-order valence-electron chi connectivity index (χ3n) is 13.2. The number of nitrogens with one attached hydrogen (secondary N) is 4. The highest BCUT2D eigenvalue weighted by Crippen LogP contribution is 2.46. The van der Waals surface area contributed by atoms with Crippen molar-refractivity contribution in [3.8, 4) is 22.6 Å². The number of sulfonamides is 1. The highest BCUT2D eigenvalue weighted by Gasteiger charge is 2.41. The van der Waals surface area contributed by atoms with Crippen LogP contribution in [0.15, 0.2) is 114 Å². The van der Waals surface area contributed by atoms with E-state index in [1.54, 1.807) is 12.3 Å². The van der Waals surface area contributed by atoms with Crippen molar-refractivity contribution in [3.05, 3.63) is 141 Å². The van der Waals surface area contributed by atoms with Crippen LogP contribution in [0.4, 0.5) is 17.1 Å². The number of aromatic nitrogens is 1. The van der Waals surface area contributed by atoms with E-state index in [1.807, 2.05) is 54.6 Å². The van der Waals surface area contributed by atoms with Gasteiger partial charge in [0.15, 0.2) is 5.75 Å². The summed E-state index contributed by atoms with van der Waals surface area (Å²) in [6.07, 6.45) is 6.76. The smallest absolute Gasteiger partial charge is 0.293 e. The number of ether oxygens (including phenoxy) is 2. The van der Waals surface area contributed by atoms with Gasteiger partial charge in [-0.15, -0.1) is 0 Å². The van der Waals surface area contributed by atoms with Crippen LogP contribution in [0.1, 0.15) is 54.1 Å². The molecule has 66 heavy (non-hydrogen) atoms. The normalized spacial score (nSPS) is 18.4. The zero-order valence-electron chi connectivity index (χ0n) is 36.9. The van der Waals surface area contributed by atoms with Crippen LogP contribution in [0.3, 0.4) is 0 Å². The molecule has 0 radical (unpaired) electrons. The number of anilines is 2. The van der Waals surface area contributed by atoms with Crippen molar-refractivity contribution >= 4 is 55.5 Å². The fourth-order valence-electron chi connectivity index (χ4n) is 9.56. The summed E-state index contributed by atoms with van der Waals surface area (Å²) in [7, 11) is -4.64. The van der Waals surface area contributed by atoms with Gasteiger partial charge in [-0.1, -0.05) is 54.1 Å². The molecule has 3 aliphatic rings. The molecule has 4 N–H and O–H groups in total. The van der Waals surface area contributed by atoms with Gasteiger partial charge in [-0.05, 0) is 135 Å². The minimum absolute atomic E-state index is 0.0361. The zero-order valence-corrected chi connectivity index (χ0v) is 38.4.